The molecule has 6 heteroatoms. The summed E-state index contributed by atoms with van der Waals surface area (Å²) < 4.78 is 5.58. The van der Waals surface area contributed by atoms with E-state index in [1.165, 1.54) is 11.8 Å². The predicted octanol–water partition coefficient (Wildman–Crippen LogP) is 4.98. The second kappa shape index (κ2) is 9.82. The Morgan fingerprint density at radius 3 is 2.62 bits per heavy atom. The molecule has 0 saturated heterocycles. The van der Waals surface area contributed by atoms with Crippen LogP contribution in [-0.2, 0) is 4.79 Å². The monoisotopic (exact) mass is 383 g/mol. The fraction of sp³-hybridized carbons (Fsp3) is 0.278. The Morgan fingerprint density at radius 2 is 1.92 bits per heavy atom. The Balaban J connectivity index is 1.66. The van der Waals surface area contributed by atoms with Crippen LogP contribution in [0.15, 0.2) is 48.5 Å². The summed E-state index contributed by atoms with van der Waals surface area (Å²) in [6.07, 6.45) is 0. The quantitative estimate of drug-likeness (QED) is 0.652. The molecule has 0 aliphatic heterocycles. The highest BCUT2D eigenvalue weighted by Gasteiger charge is 2.11. The van der Waals surface area contributed by atoms with Gasteiger partial charge in [0.15, 0.2) is 0 Å². The molecule has 0 fully saturated rings. The van der Waals surface area contributed by atoms with E-state index in [0.29, 0.717) is 22.4 Å². The Hall–Kier alpha value is -1.36. The van der Waals surface area contributed by atoms with Gasteiger partial charge in [-0.05, 0) is 36.8 Å². The number of benzene rings is 2. The Kier molecular flexibility index (Phi) is 7.76. The van der Waals surface area contributed by atoms with Gasteiger partial charge < -0.3 is 10.1 Å². The number of para-hydroxylation sites is 1. The van der Waals surface area contributed by atoms with Gasteiger partial charge in [-0.2, -0.15) is 0 Å². The van der Waals surface area contributed by atoms with Gasteiger partial charge in [0.1, 0.15) is 5.75 Å². The smallest absolute Gasteiger partial charge is 0.230 e. The molecule has 0 spiro atoms. The third-order valence-corrected chi connectivity index (χ3v) is 4.95. The van der Waals surface area contributed by atoms with E-state index >= 15 is 0 Å². The summed E-state index contributed by atoms with van der Waals surface area (Å²) in [5.41, 5.74) is 0.926. The van der Waals surface area contributed by atoms with Gasteiger partial charge in [0.2, 0.25) is 5.91 Å². The number of hydrogen-bond donors (Lipinski definition) is 1. The van der Waals surface area contributed by atoms with E-state index in [-0.39, 0.29) is 11.9 Å². The lowest BCUT2D eigenvalue weighted by molar-refractivity contribution is -0.119. The normalized spacial score (nSPS) is 11.8. The number of halogens is 2. The first kappa shape index (κ1) is 19.0. The lowest BCUT2D eigenvalue weighted by Gasteiger charge is -2.15. The summed E-state index contributed by atoms with van der Waals surface area (Å²) in [4.78, 5) is 12.0. The molecule has 0 saturated carbocycles. The molecule has 128 valence electrons. The molecule has 0 aromatic heterocycles. The SMILES string of the molecule is C[C@H](NC(=O)CSCCOc1ccccc1)c1ccc(Cl)c(Cl)c1. The number of nitrogens with one attached hydrogen (secondary N) is 1. The van der Waals surface area contributed by atoms with E-state index in [9.17, 15) is 4.79 Å². The number of thioether (sulfide) groups is 1. The highest BCUT2D eigenvalue weighted by Crippen LogP contribution is 2.25. The third-order valence-electron chi connectivity index (χ3n) is 3.29. The maximum atomic E-state index is 12.0. The van der Waals surface area contributed by atoms with Gasteiger partial charge >= 0.3 is 0 Å². The fourth-order valence-electron chi connectivity index (χ4n) is 2.05. The van der Waals surface area contributed by atoms with Gasteiger partial charge in [-0.1, -0.05) is 47.5 Å². The predicted molar refractivity (Wildman–Crippen MR) is 102 cm³/mol. The lowest BCUT2D eigenvalue weighted by atomic mass is 10.1. The Labute approximate surface area is 156 Å². The number of ether oxygens (including phenoxy) is 1. The van der Waals surface area contributed by atoms with Gasteiger partial charge in [0.05, 0.1) is 28.4 Å². The average molecular weight is 384 g/mol. The fourth-order valence-corrected chi connectivity index (χ4v) is 2.97. The first-order chi connectivity index (χ1) is 11.6. The molecule has 24 heavy (non-hydrogen) atoms. The van der Waals surface area contributed by atoms with Crippen LogP contribution >= 0.6 is 35.0 Å². The van der Waals surface area contributed by atoms with Gasteiger partial charge in [0, 0.05) is 5.75 Å². The molecule has 2 aromatic rings. The number of amides is 1. The average Bonchev–Trinajstić information content (AvgIpc) is 2.58. The van der Waals surface area contributed by atoms with Crippen LogP contribution in [0, 0.1) is 0 Å². The summed E-state index contributed by atoms with van der Waals surface area (Å²) in [5.74, 6) is 1.97. The van der Waals surface area contributed by atoms with Crippen LogP contribution in [0.1, 0.15) is 18.5 Å². The van der Waals surface area contributed by atoms with E-state index in [1.807, 2.05) is 43.3 Å². The molecule has 0 aliphatic carbocycles. The zero-order chi connectivity index (χ0) is 17.4. The van der Waals surface area contributed by atoms with Crippen molar-refractivity contribution in [1.82, 2.24) is 5.32 Å². The molecule has 0 radical (unpaired) electrons. The van der Waals surface area contributed by atoms with Crippen molar-refractivity contribution >= 4 is 40.9 Å². The van der Waals surface area contributed by atoms with E-state index in [4.69, 9.17) is 27.9 Å². The van der Waals surface area contributed by atoms with Gasteiger partial charge in [-0.15, -0.1) is 11.8 Å². The van der Waals surface area contributed by atoms with Crippen molar-refractivity contribution in [3.63, 3.8) is 0 Å². The molecule has 0 unspecified atom stereocenters. The van der Waals surface area contributed by atoms with Crippen LogP contribution in [0.4, 0.5) is 0 Å². The highest BCUT2D eigenvalue weighted by atomic mass is 35.5. The number of rotatable bonds is 8. The Bertz CT molecular complexity index is 667. The van der Waals surface area contributed by atoms with Gasteiger partial charge in [-0.3, -0.25) is 4.79 Å². The van der Waals surface area contributed by atoms with E-state index in [2.05, 4.69) is 5.32 Å². The van der Waals surface area contributed by atoms with Crippen molar-refractivity contribution in [2.75, 3.05) is 18.1 Å². The molecule has 3 nitrogen and oxygen atoms in total. The molecular weight excluding hydrogens is 365 g/mol. The van der Waals surface area contributed by atoms with Crippen molar-refractivity contribution in [2.24, 2.45) is 0 Å². The molecular formula is C18H19Cl2NO2S. The van der Waals surface area contributed by atoms with Crippen LogP contribution in [-0.4, -0.2) is 24.0 Å². The van der Waals surface area contributed by atoms with Crippen molar-refractivity contribution in [3.8, 4) is 5.75 Å². The maximum absolute atomic E-state index is 12.0. The molecule has 2 rings (SSSR count). The maximum Gasteiger partial charge on any atom is 0.230 e. The summed E-state index contributed by atoms with van der Waals surface area (Å²) in [6.45, 7) is 2.49. The lowest BCUT2D eigenvalue weighted by Crippen LogP contribution is -2.28. The number of carbonyl (C=O) groups is 1. The molecule has 1 atom stereocenters. The number of hydrogen-bond acceptors (Lipinski definition) is 3. The second-order valence-corrected chi connectivity index (χ2v) is 7.10. The van der Waals surface area contributed by atoms with Crippen molar-refractivity contribution in [3.05, 3.63) is 64.1 Å². The van der Waals surface area contributed by atoms with Crippen molar-refractivity contribution < 1.29 is 9.53 Å². The standard InChI is InChI=1S/C18H19Cl2NO2S/c1-13(14-7-8-16(19)17(20)11-14)21-18(22)12-24-10-9-23-15-5-3-2-4-6-15/h2-8,11,13H,9-10,12H2,1H3,(H,21,22)/t13-/m0/s1. The molecule has 0 bridgehead atoms. The minimum absolute atomic E-state index is 0.0155. The number of carbonyl (C=O) groups excluding carboxylic acids is 1. The summed E-state index contributed by atoms with van der Waals surface area (Å²) >= 11 is 13.4. The zero-order valence-corrected chi connectivity index (χ0v) is 15.6. The van der Waals surface area contributed by atoms with Crippen LogP contribution < -0.4 is 10.1 Å². The topological polar surface area (TPSA) is 38.3 Å². The molecule has 1 amide bonds. The van der Waals surface area contributed by atoms with E-state index < -0.39 is 0 Å². The van der Waals surface area contributed by atoms with E-state index in [0.717, 1.165) is 17.1 Å². The third kappa shape index (κ3) is 6.27. The Morgan fingerprint density at radius 1 is 1.17 bits per heavy atom. The molecule has 0 heterocycles. The van der Waals surface area contributed by atoms with Crippen LogP contribution in [0.25, 0.3) is 0 Å². The summed E-state index contributed by atoms with van der Waals surface area (Å²) in [7, 11) is 0. The van der Waals surface area contributed by atoms with Gasteiger partial charge in [-0.25, -0.2) is 0 Å². The van der Waals surface area contributed by atoms with Crippen LogP contribution in [0.2, 0.25) is 10.0 Å². The minimum atomic E-state index is -0.117. The summed E-state index contributed by atoms with van der Waals surface area (Å²) in [6, 6.07) is 14.9. The van der Waals surface area contributed by atoms with Crippen LogP contribution in [0.5, 0.6) is 5.75 Å². The van der Waals surface area contributed by atoms with Crippen molar-refractivity contribution in [2.45, 2.75) is 13.0 Å². The first-order valence-corrected chi connectivity index (χ1v) is 9.47. The van der Waals surface area contributed by atoms with Crippen LogP contribution in [0.3, 0.4) is 0 Å². The van der Waals surface area contributed by atoms with E-state index in [1.54, 1.807) is 12.1 Å². The largest absolute Gasteiger partial charge is 0.493 e. The minimum Gasteiger partial charge on any atom is -0.493 e. The van der Waals surface area contributed by atoms with Gasteiger partial charge in [0.25, 0.3) is 0 Å². The van der Waals surface area contributed by atoms with Crippen molar-refractivity contribution in [1.29, 1.82) is 0 Å². The highest BCUT2D eigenvalue weighted by molar-refractivity contribution is 7.99. The summed E-state index contributed by atoms with van der Waals surface area (Å²) in [5, 5.41) is 3.95. The molecule has 2 aromatic carbocycles. The molecule has 0 aliphatic rings. The second-order valence-electron chi connectivity index (χ2n) is 5.18. The molecule has 1 N–H and O–H groups in total. The zero-order valence-electron chi connectivity index (χ0n) is 13.3. The first-order valence-electron chi connectivity index (χ1n) is 7.56.